The summed E-state index contributed by atoms with van der Waals surface area (Å²) in [5, 5.41) is 5.94. The number of hydrogen-bond acceptors (Lipinski definition) is 4. The van der Waals surface area contributed by atoms with Gasteiger partial charge in [0.1, 0.15) is 17.6 Å². The van der Waals surface area contributed by atoms with Crippen molar-refractivity contribution >= 4 is 5.91 Å². The maximum Gasteiger partial charge on any atom is 0.433 e. The molecule has 0 saturated carbocycles. The van der Waals surface area contributed by atoms with E-state index in [-0.39, 0.29) is 11.7 Å². The fourth-order valence-electron chi connectivity index (χ4n) is 3.50. The minimum Gasteiger partial charge on any atom is -0.358 e. The predicted molar refractivity (Wildman–Crippen MR) is 116 cm³/mol. The fourth-order valence-corrected chi connectivity index (χ4v) is 3.50. The van der Waals surface area contributed by atoms with Crippen LogP contribution in [0.5, 0.6) is 0 Å². The number of halogens is 4. The summed E-state index contributed by atoms with van der Waals surface area (Å²) >= 11 is 0. The molecule has 3 aromatic rings. The van der Waals surface area contributed by atoms with Gasteiger partial charge in [0.2, 0.25) is 5.91 Å². The molecule has 174 valence electrons. The van der Waals surface area contributed by atoms with Gasteiger partial charge in [-0.05, 0) is 60.2 Å². The zero-order chi connectivity index (χ0) is 24.0. The van der Waals surface area contributed by atoms with Gasteiger partial charge in [-0.15, -0.1) is 0 Å². The van der Waals surface area contributed by atoms with E-state index < -0.39 is 24.0 Å². The summed E-state index contributed by atoms with van der Waals surface area (Å²) in [6.45, 7) is 1.65. The highest BCUT2D eigenvalue weighted by atomic mass is 19.4. The van der Waals surface area contributed by atoms with Crippen molar-refractivity contribution in [1.29, 1.82) is 0 Å². The van der Waals surface area contributed by atoms with Crippen LogP contribution < -0.4 is 10.6 Å². The molecule has 0 fully saturated rings. The Morgan fingerprint density at radius 2 is 1.88 bits per heavy atom. The monoisotopic (exact) mass is 460 g/mol. The van der Waals surface area contributed by atoms with Crippen molar-refractivity contribution < 1.29 is 22.4 Å². The van der Waals surface area contributed by atoms with Gasteiger partial charge in [-0.1, -0.05) is 24.3 Å². The van der Waals surface area contributed by atoms with E-state index in [1.807, 2.05) is 0 Å². The molecule has 33 heavy (non-hydrogen) atoms. The number of benzene rings is 1. The van der Waals surface area contributed by atoms with Crippen LogP contribution in [-0.2, 0) is 17.4 Å². The van der Waals surface area contributed by atoms with Crippen LogP contribution >= 0.6 is 0 Å². The molecule has 1 amide bonds. The lowest BCUT2D eigenvalue weighted by Gasteiger charge is -2.26. The quantitative estimate of drug-likeness (QED) is 0.479. The summed E-state index contributed by atoms with van der Waals surface area (Å²) in [6.07, 6.45) is 0.715. The summed E-state index contributed by atoms with van der Waals surface area (Å²) in [5.41, 5.74) is 1.52. The highest BCUT2D eigenvalue weighted by Gasteiger charge is 2.32. The van der Waals surface area contributed by atoms with E-state index in [2.05, 4.69) is 20.6 Å². The molecule has 0 aliphatic carbocycles. The third-order valence-corrected chi connectivity index (χ3v) is 5.32. The van der Waals surface area contributed by atoms with E-state index in [1.54, 1.807) is 43.6 Å². The van der Waals surface area contributed by atoms with Gasteiger partial charge in [-0.2, -0.15) is 13.2 Å². The number of aryl methyl sites for hydroxylation is 2. The molecule has 1 aromatic carbocycles. The number of nitrogens with one attached hydrogen (secondary N) is 2. The van der Waals surface area contributed by atoms with Gasteiger partial charge in [0.05, 0.1) is 0 Å². The van der Waals surface area contributed by atoms with Gasteiger partial charge < -0.3 is 5.32 Å². The predicted octanol–water partition coefficient (Wildman–Crippen LogP) is 4.69. The Labute approximate surface area is 189 Å². The topological polar surface area (TPSA) is 66.9 Å². The van der Waals surface area contributed by atoms with E-state index in [9.17, 15) is 22.4 Å². The first-order valence-electron chi connectivity index (χ1n) is 10.3. The Kier molecular flexibility index (Phi) is 7.75. The number of carbonyl (C=O) groups excluding carboxylic acids is 1. The Bertz CT molecular complexity index is 1070. The summed E-state index contributed by atoms with van der Waals surface area (Å²) in [6, 6.07) is 9.39. The molecule has 5 nitrogen and oxygen atoms in total. The van der Waals surface area contributed by atoms with Gasteiger partial charge >= 0.3 is 6.18 Å². The molecule has 0 radical (unpaired) electrons. The van der Waals surface area contributed by atoms with Crippen LogP contribution in [0.3, 0.4) is 0 Å². The number of alkyl halides is 3. The zero-order valence-electron chi connectivity index (χ0n) is 18.2. The third kappa shape index (κ3) is 6.35. The van der Waals surface area contributed by atoms with Gasteiger partial charge in [0, 0.05) is 31.7 Å². The molecule has 0 aliphatic rings. The molecule has 0 bridgehead atoms. The van der Waals surface area contributed by atoms with Crippen molar-refractivity contribution in [2.24, 2.45) is 0 Å². The second-order valence-electron chi connectivity index (χ2n) is 7.65. The van der Waals surface area contributed by atoms with Crippen LogP contribution in [0.1, 0.15) is 46.5 Å². The molecule has 3 rings (SSSR count). The minimum absolute atomic E-state index is 0.275. The lowest BCUT2D eigenvalue weighted by Crippen LogP contribution is -2.38. The maximum atomic E-state index is 13.9. The van der Waals surface area contributed by atoms with E-state index in [4.69, 9.17) is 0 Å². The molecule has 9 heteroatoms. The highest BCUT2D eigenvalue weighted by molar-refractivity contribution is 5.82. The highest BCUT2D eigenvalue weighted by Crippen LogP contribution is 2.29. The second-order valence-corrected chi connectivity index (χ2v) is 7.65. The van der Waals surface area contributed by atoms with Crippen molar-refractivity contribution in [3.8, 4) is 0 Å². The van der Waals surface area contributed by atoms with Gasteiger partial charge in [0.15, 0.2) is 0 Å². The molecule has 0 aliphatic heterocycles. The minimum atomic E-state index is -4.50. The van der Waals surface area contributed by atoms with E-state index in [1.165, 1.54) is 25.4 Å². The van der Waals surface area contributed by atoms with Crippen LogP contribution in [-0.4, -0.2) is 22.9 Å². The molecule has 2 N–H and O–H groups in total. The number of carbonyl (C=O) groups is 1. The van der Waals surface area contributed by atoms with E-state index in [0.717, 1.165) is 11.6 Å². The normalized spacial score (nSPS) is 13.4. The second kappa shape index (κ2) is 10.5. The molecule has 0 spiro atoms. The molecular weight excluding hydrogens is 436 g/mol. The average molecular weight is 460 g/mol. The summed E-state index contributed by atoms with van der Waals surface area (Å²) in [5.74, 6) is -0.623. The average Bonchev–Trinajstić information content (AvgIpc) is 2.81. The summed E-state index contributed by atoms with van der Waals surface area (Å²) < 4.78 is 52.2. The number of nitrogens with zero attached hydrogens (tertiary/aromatic N) is 2. The van der Waals surface area contributed by atoms with Gasteiger partial charge in [-0.3, -0.25) is 20.1 Å². The van der Waals surface area contributed by atoms with Crippen LogP contribution in [0.2, 0.25) is 0 Å². The van der Waals surface area contributed by atoms with Gasteiger partial charge in [-0.25, -0.2) is 4.39 Å². The van der Waals surface area contributed by atoms with Gasteiger partial charge in [0.25, 0.3) is 0 Å². The first-order chi connectivity index (χ1) is 15.7. The standard InChI is InChI=1S/C24H24F4N4O/c1-15-12-17(7-8-19(15)25)20(9-5-16-6-10-21(31-13-16)24(26,27)28)32-22(23(33)29-2)18-4-3-11-30-14-18/h3-4,6-8,10-14,20,22,32H,5,9H2,1-2H3,(H,29,33). The Morgan fingerprint density at radius 1 is 1.09 bits per heavy atom. The van der Waals surface area contributed by atoms with Crippen LogP contribution in [0, 0.1) is 12.7 Å². The number of likely N-dealkylation sites (N-methyl/N-ethyl adjacent to an activating group) is 1. The third-order valence-electron chi connectivity index (χ3n) is 5.32. The first kappa shape index (κ1) is 24.3. The molecule has 2 aromatic heterocycles. The molecular formula is C24H24F4N4O. The largest absolute Gasteiger partial charge is 0.433 e. The van der Waals surface area contributed by atoms with Crippen LogP contribution in [0.15, 0.2) is 61.1 Å². The van der Waals surface area contributed by atoms with Crippen molar-refractivity contribution in [3.63, 3.8) is 0 Å². The molecule has 2 unspecified atom stereocenters. The van der Waals surface area contributed by atoms with Crippen LogP contribution in [0.4, 0.5) is 17.6 Å². The lowest BCUT2D eigenvalue weighted by molar-refractivity contribution is -0.141. The number of aromatic nitrogens is 2. The molecule has 2 atom stereocenters. The first-order valence-corrected chi connectivity index (χ1v) is 10.3. The van der Waals surface area contributed by atoms with Crippen LogP contribution in [0.25, 0.3) is 0 Å². The number of amides is 1. The van der Waals surface area contributed by atoms with E-state index in [0.29, 0.717) is 29.5 Å². The van der Waals surface area contributed by atoms with Crippen molar-refractivity contribution in [3.05, 3.63) is 94.8 Å². The Hall–Kier alpha value is -3.33. The number of hydrogen-bond donors (Lipinski definition) is 2. The van der Waals surface area contributed by atoms with E-state index >= 15 is 0 Å². The summed E-state index contributed by atoms with van der Waals surface area (Å²) in [4.78, 5) is 20.2. The van der Waals surface area contributed by atoms with Crippen molar-refractivity contribution in [2.75, 3.05) is 7.05 Å². The number of rotatable bonds is 8. The summed E-state index contributed by atoms with van der Waals surface area (Å²) in [7, 11) is 1.53. The Morgan fingerprint density at radius 3 is 2.45 bits per heavy atom. The molecule has 2 heterocycles. The Balaban J connectivity index is 1.87. The number of pyridine rings is 2. The lowest BCUT2D eigenvalue weighted by atomic mass is 9.96. The SMILES string of the molecule is CNC(=O)C(NC(CCc1ccc(C(F)(F)F)nc1)c1ccc(F)c(C)c1)c1cccnc1. The smallest absolute Gasteiger partial charge is 0.358 e. The van der Waals surface area contributed by atoms with Crippen molar-refractivity contribution in [2.45, 2.75) is 38.0 Å². The fraction of sp³-hybridized carbons (Fsp3) is 0.292. The molecule has 0 saturated heterocycles. The van der Waals surface area contributed by atoms with Crippen molar-refractivity contribution in [1.82, 2.24) is 20.6 Å². The maximum absolute atomic E-state index is 13.9. The zero-order valence-corrected chi connectivity index (χ0v) is 18.2.